The standard InChI is InChI=1S/C14H27NO2/c1-4-11(2)8-13(17)15-14(10-16)7-5-6-12(3)9-14/h11-12,16H,4-10H2,1-3H3,(H,15,17). The fourth-order valence-electron chi connectivity index (χ4n) is 2.76. The molecule has 3 atom stereocenters. The maximum absolute atomic E-state index is 11.9. The maximum atomic E-state index is 11.9. The molecule has 0 saturated heterocycles. The highest BCUT2D eigenvalue weighted by Crippen LogP contribution is 2.32. The van der Waals surface area contributed by atoms with Gasteiger partial charge in [-0.05, 0) is 24.7 Å². The summed E-state index contributed by atoms with van der Waals surface area (Å²) in [6.07, 6.45) is 5.74. The molecule has 0 aliphatic heterocycles. The second-order valence-electron chi connectivity index (χ2n) is 5.91. The first kappa shape index (κ1) is 14.5. The molecule has 0 spiro atoms. The van der Waals surface area contributed by atoms with Crippen molar-refractivity contribution in [3.63, 3.8) is 0 Å². The SMILES string of the molecule is CCC(C)CC(=O)NC1(CO)CCCC(C)C1. The van der Waals surface area contributed by atoms with Crippen molar-refractivity contribution in [1.29, 1.82) is 0 Å². The number of aliphatic hydroxyl groups excluding tert-OH is 1. The minimum Gasteiger partial charge on any atom is -0.394 e. The van der Waals surface area contributed by atoms with Crippen LogP contribution in [0.4, 0.5) is 0 Å². The van der Waals surface area contributed by atoms with Gasteiger partial charge < -0.3 is 10.4 Å². The molecule has 1 aliphatic carbocycles. The summed E-state index contributed by atoms with van der Waals surface area (Å²) < 4.78 is 0. The molecular weight excluding hydrogens is 214 g/mol. The molecule has 0 radical (unpaired) electrons. The van der Waals surface area contributed by atoms with Gasteiger partial charge in [-0.2, -0.15) is 0 Å². The van der Waals surface area contributed by atoms with E-state index in [0.29, 0.717) is 18.3 Å². The summed E-state index contributed by atoms with van der Waals surface area (Å²) >= 11 is 0. The summed E-state index contributed by atoms with van der Waals surface area (Å²) in [6.45, 7) is 6.46. The molecular formula is C14H27NO2. The van der Waals surface area contributed by atoms with Crippen molar-refractivity contribution in [1.82, 2.24) is 5.32 Å². The molecule has 0 heterocycles. The van der Waals surface area contributed by atoms with Gasteiger partial charge in [0.2, 0.25) is 5.91 Å². The fraction of sp³-hybridized carbons (Fsp3) is 0.929. The molecule has 3 unspecified atom stereocenters. The van der Waals surface area contributed by atoms with Crippen LogP contribution in [-0.4, -0.2) is 23.2 Å². The van der Waals surface area contributed by atoms with Crippen molar-refractivity contribution in [3.8, 4) is 0 Å². The largest absolute Gasteiger partial charge is 0.394 e. The highest BCUT2D eigenvalue weighted by Gasteiger charge is 2.35. The van der Waals surface area contributed by atoms with Crippen molar-refractivity contribution in [2.75, 3.05) is 6.61 Å². The first-order chi connectivity index (χ1) is 8.01. The second-order valence-corrected chi connectivity index (χ2v) is 5.91. The van der Waals surface area contributed by atoms with Gasteiger partial charge in [0, 0.05) is 6.42 Å². The molecule has 1 fully saturated rings. The van der Waals surface area contributed by atoms with E-state index in [2.05, 4.69) is 26.1 Å². The summed E-state index contributed by atoms with van der Waals surface area (Å²) in [5.74, 6) is 1.12. The predicted octanol–water partition coefficient (Wildman–Crippen LogP) is 2.48. The summed E-state index contributed by atoms with van der Waals surface area (Å²) in [4.78, 5) is 11.9. The van der Waals surface area contributed by atoms with E-state index in [1.165, 1.54) is 6.42 Å². The summed E-state index contributed by atoms with van der Waals surface area (Å²) in [6, 6.07) is 0. The normalized spacial score (nSPS) is 30.9. The average Bonchev–Trinajstić information content (AvgIpc) is 2.28. The van der Waals surface area contributed by atoms with Crippen LogP contribution < -0.4 is 5.32 Å². The van der Waals surface area contributed by atoms with Crippen LogP contribution in [0.25, 0.3) is 0 Å². The number of amides is 1. The van der Waals surface area contributed by atoms with Gasteiger partial charge in [0.25, 0.3) is 0 Å². The lowest BCUT2D eigenvalue weighted by Gasteiger charge is -2.39. The van der Waals surface area contributed by atoms with Gasteiger partial charge in [-0.15, -0.1) is 0 Å². The molecule has 1 saturated carbocycles. The molecule has 100 valence electrons. The average molecular weight is 241 g/mol. The van der Waals surface area contributed by atoms with E-state index >= 15 is 0 Å². The van der Waals surface area contributed by atoms with Gasteiger partial charge in [-0.3, -0.25) is 4.79 Å². The number of aliphatic hydroxyl groups is 1. The number of hydrogen-bond donors (Lipinski definition) is 2. The Bertz CT molecular complexity index is 255. The van der Waals surface area contributed by atoms with E-state index in [0.717, 1.165) is 25.7 Å². The van der Waals surface area contributed by atoms with Gasteiger partial charge in [0.05, 0.1) is 12.1 Å². The smallest absolute Gasteiger partial charge is 0.220 e. The third-order valence-corrected chi connectivity index (χ3v) is 4.03. The Morgan fingerprint density at radius 1 is 1.59 bits per heavy atom. The van der Waals surface area contributed by atoms with Crippen LogP contribution in [0.15, 0.2) is 0 Å². The summed E-state index contributed by atoms with van der Waals surface area (Å²) in [7, 11) is 0. The number of carbonyl (C=O) groups is 1. The maximum Gasteiger partial charge on any atom is 0.220 e. The van der Waals surface area contributed by atoms with Gasteiger partial charge in [-0.1, -0.05) is 40.0 Å². The lowest BCUT2D eigenvalue weighted by molar-refractivity contribution is -0.125. The van der Waals surface area contributed by atoms with Crippen molar-refractivity contribution < 1.29 is 9.90 Å². The molecule has 1 rings (SSSR count). The topological polar surface area (TPSA) is 49.3 Å². The monoisotopic (exact) mass is 241 g/mol. The molecule has 3 heteroatoms. The molecule has 3 nitrogen and oxygen atoms in total. The molecule has 17 heavy (non-hydrogen) atoms. The van der Waals surface area contributed by atoms with E-state index in [-0.39, 0.29) is 18.1 Å². The van der Waals surface area contributed by atoms with Crippen LogP contribution >= 0.6 is 0 Å². The molecule has 1 amide bonds. The molecule has 0 aromatic carbocycles. The highest BCUT2D eigenvalue weighted by atomic mass is 16.3. The first-order valence-electron chi connectivity index (χ1n) is 6.93. The van der Waals surface area contributed by atoms with Crippen molar-refractivity contribution >= 4 is 5.91 Å². The van der Waals surface area contributed by atoms with E-state index in [1.54, 1.807) is 0 Å². The van der Waals surface area contributed by atoms with Gasteiger partial charge in [0.15, 0.2) is 0 Å². The van der Waals surface area contributed by atoms with Gasteiger partial charge >= 0.3 is 0 Å². The lowest BCUT2D eigenvalue weighted by Crippen LogP contribution is -2.54. The Morgan fingerprint density at radius 3 is 2.82 bits per heavy atom. The second kappa shape index (κ2) is 6.39. The number of nitrogens with one attached hydrogen (secondary N) is 1. The van der Waals surface area contributed by atoms with E-state index in [1.807, 2.05) is 0 Å². The third kappa shape index (κ3) is 4.30. The van der Waals surface area contributed by atoms with Crippen molar-refractivity contribution in [2.24, 2.45) is 11.8 Å². The van der Waals surface area contributed by atoms with Crippen molar-refractivity contribution in [2.45, 2.75) is 64.8 Å². The Balaban J connectivity index is 2.53. The van der Waals surface area contributed by atoms with E-state index in [4.69, 9.17) is 0 Å². The van der Waals surface area contributed by atoms with Gasteiger partial charge in [-0.25, -0.2) is 0 Å². The molecule has 1 aliphatic rings. The Labute approximate surface area is 105 Å². The fourth-order valence-corrected chi connectivity index (χ4v) is 2.76. The van der Waals surface area contributed by atoms with E-state index in [9.17, 15) is 9.90 Å². The zero-order valence-electron chi connectivity index (χ0n) is 11.5. The zero-order valence-corrected chi connectivity index (χ0v) is 11.5. The first-order valence-corrected chi connectivity index (χ1v) is 6.93. The third-order valence-electron chi connectivity index (χ3n) is 4.03. The number of hydrogen-bond acceptors (Lipinski definition) is 2. The zero-order chi connectivity index (χ0) is 12.9. The Hall–Kier alpha value is -0.570. The van der Waals surface area contributed by atoms with Crippen LogP contribution in [0.3, 0.4) is 0 Å². The molecule has 2 N–H and O–H groups in total. The molecule has 0 aromatic rings. The summed E-state index contributed by atoms with van der Waals surface area (Å²) in [5, 5.41) is 12.7. The van der Waals surface area contributed by atoms with Crippen LogP contribution in [0.1, 0.15) is 59.3 Å². The van der Waals surface area contributed by atoms with Crippen LogP contribution in [0.2, 0.25) is 0 Å². The van der Waals surface area contributed by atoms with Crippen LogP contribution in [-0.2, 0) is 4.79 Å². The minimum absolute atomic E-state index is 0.0730. The number of carbonyl (C=O) groups excluding carboxylic acids is 1. The number of rotatable bonds is 5. The quantitative estimate of drug-likeness (QED) is 0.777. The lowest BCUT2D eigenvalue weighted by atomic mass is 9.76. The Morgan fingerprint density at radius 2 is 2.29 bits per heavy atom. The molecule has 0 aromatic heterocycles. The van der Waals surface area contributed by atoms with Crippen molar-refractivity contribution in [3.05, 3.63) is 0 Å². The predicted molar refractivity (Wildman–Crippen MR) is 69.7 cm³/mol. The minimum atomic E-state index is -0.345. The van der Waals surface area contributed by atoms with Gasteiger partial charge in [0.1, 0.15) is 0 Å². The Kier molecular flexibility index (Phi) is 5.44. The van der Waals surface area contributed by atoms with E-state index < -0.39 is 0 Å². The van der Waals surface area contributed by atoms with Crippen LogP contribution in [0.5, 0.6) is 0 Å². The molecule has 0 bridgehead atoms. The van der Waals surface area contributed by atoms with Crippen LogP contribution in [0, 0.1) is 11.8 Å². The highest BCUT2D eigenvalue weighted by molar-refractivity contribution is 5.77. The summed E-state index contributed by atoms with van der Waals surface area (Å²) in [5.41, 5.74) is -0.345.